The fourth-order valence-electron chi connectivity index (χ4n) is 1.01. The lowest BCUT2D eigenvalue weighted by atomic mass is 10.2. The number of aliphatic hydroxyl groups excluding tert-OH is 1. The Hall–Kier alpha value is -0.770. The minimum absolute atomic E-state index is 0.0335. The summed E-state index contributed by atoms with van der Waals surface area (Å²) in [5.74, 6) is -0.0335. The number of rotatable bonds is 4. The van der Waals surface area contributed by atoms with Crippen molar-refractivity contribution in [3.8, 4) is 5.75 Å². The van der Waals surface area contributed by atoms with Crippen LogP contribution in [0.15, 0.2) is 17.1 Å². The van der Waals surface area contributed by atoms with Crippen LogP contribution in [0.5, 0.6) is 5.75 Å². The van der Waals surface area contributed by atoms with Crippen molar-refractivity contribution in [2.24, 2.45) is 4.99 Å². The Balaban J connectivity index is 2.80. The van der Waals surface area contributed by atoms with Crippen LogP contribution >= 0.6 is 23.2 Å². The standard InChI is InChI=1S/C10H11Cl2NO2/c11-8-4-7(6-13-2-1-3-14)10(15)9(12)5-8/h4-6,14-15H,1-3H2. The summed E-state index contributed by atoms with van der Waals surface area (Å²) in [5.41, 5.74) is 0.477. The minimum atomic E-state index is -0.0335. The summed E-state index contributed by atoms with van der Waals surface area (Å²) in [4.78, 5) is 4.01. The van der Waals surface area contributed by atoms with E-state index in [0.717, 1.165) is 0 Å². The molecule has 0 atom stereocenters. The van der Waals surface area contributed by atoms with Crippen LogP contribution in [0, 0.1) is 0 Å². The molecule has 0 aliphatic rings. The molecule has 1 aromatic rings. The van der Waals surface area contributed by atoms with E-state index in [1.54, 1.807) is 6.07 Å². The molecule has 1 rings (SSSR count). The van der Waals surface area contributed by atoms with Gasteiger partial charge < -0.3 is 10.2 Å². The summed E-state index contributed by atoms with van der Waals surface area (Å²) >= 11 is 11.5. The lowest BCUT2D eigenvalue weighted by Crippen LogP contribution is -1.89. The quantitative estimate of drug-likeness (QED) is 0.635. The first kappa shape index (κ1) is 12.3. The summed E-state index contributed by atoms with van der Waals surface area (Å²) in [5, 5.41) is 18.7. The predicted octanol–water partition coefficient (Wildman–Crippen LogP) is 2.50. The molecule has 15 heavy (non-hydrogen) atoms. The SMILES string of the molecule is OCCCN=Cc1cc(Cl)cc(Cl)c1O. The summed E-state index contributed by atoms with van der Waals surface area (Å²) < 4.78 is 0. The molecule has 0 saturated heterocycles. The maximum atomic E-state index is 9.55. The second kappa shape index (κ2) is 5.95. The van der Waals surface area contributed by atoms with Gasteiger partial charge in [0.25, 0.3) is 0 Å². The third-order valence-corrected chi connectivity index (χ3v) is 2.24. The third kappa shape index (κ3) is 3.70. The lowest BCUT2D eigenvalue weighted by molar-refractivity contribution is 0.291. The van der Waals surface area contributed by atoms with E-state index in [-0.39, 0.29) is 17.4 Å². The number of benzene rings is 1. The maximum Gasteiger partial charge on any atom is 0.143 e. The molecule has 1 aromatic carbocycles. The van der Waals surface area contributed by atoms with Crippen molar-refractivity contribution in [2.45, 2.75) is 6.42 Å². The summed E-state index contributed by atoms with van der Waals surface area (Å²) in [7, 11) is 0. The zero-order valence-corrected chi connectivity index (χ0v) is 9.46. The normalized spacial score (nSPS) is 11.1. The van der Waals surface area contributed by atoms with Gasteiger partial charge in [-0.3, -0.25) is 4.99 Å². The Kier molecular flexibility index (Phi) is 4.88. The maximum absolute atomic E-state index is 9.55. The summed E-state index contributed by atoms with van der Waals surface area (Å²) in [6, 6.07) is 3.04. The Morgan fingerprint density at radius 2 is 2.07 bits per heavy atom. The first-order valence-electron chi connectivity index (χ1n) is 4.44. The molecule has 0 aliphatic heterocycles. The number of aliphatic hydroxyl groups is 1. The van der Waals surface area contributed by atoms with Gasteiger partial charge in [-0.25, -0.2) is 0 Å². The zero-order valence-electron chi connectivity index (χ0n) is 7.95. The monoisotopic (exact) mass is 247 g/mol. The van der Waals surface area contributed by atoms with Crippen molar-refractivity contribution in [1.82, 2.24) is 0 Å². The fourth-order valence-corrected chi connectivity index (χ4v) is 1.52. The largest absolute Gasteiger partial charge is 0.506 e. The Bertz CT molecular complexity index is 367. The van der Waals surface area contributed by atoms with Gasteiger partial charge in [0.05, 0.1) is 5.02 Å². The highest BCUT2D eigenvalue weighted by atomic mass is 35.5. The van der Waals surface area contributed by atoms with Crippen molar-refractivity contribution in [3.63, 3.8) is 0 Å². The van der Waals surface area contributed by atoms with Gasteiger partial charge in [-0.2, -0.15) is 0 Å². The molecule has 0 bridgehead atoms. The summed E-state index contributed by atoms with van der Waals surface area (Å²) in [6.45, 7) is 0.597. The molecule has 0 amide bonds. The molecule has 0 aromatic heterocycles. The second-order valence-electron chi connectivity index (χ2n) is 2.94. The predicted molar refractivity (Wildman–Crippen MR) is 62.3 cm³/mol. The Labute approximate surface area is 98.0 Å². The molecular formula is C10H11Cl2NO2. The highest BCUT2D eigenvalue weighted by Gasteiger charge is 2.05. The van der Waals surface area contributed by atoms with Crippen LogP contribution in [0.3, 0.4) is 0 Å². The third-order valence-electron chi connectivity index (χ3n) is 1.73. The number of halogens is 2. The van der Waals surface area contributed by atoms with Crippen molar-refractivity contribution < 1.29 is 10.2 Å². The number of nitrogens with zero attached hydrogens (tertiary/aromatic N) is 1. The molecule has 82 valence electrons. The molecule has 3 nitrogen and oxygen atoms in total. The highest BCUT2D eigenvalue weighted by Crippen LogP contribution is 2.29. The van der Waals surface area contributed by atoms with Crippen molar-refractivity contribution in [2.75, 3.05) is 13.2 Å². The molecule has 0 saturated carbocycles. The Morgan fingerprint density at radius 3 is 2.73 bits per heavy atom. The van der Waals surface area contributed by atoms with E-state index < -0.39 is 0 Å². The minimum Gasteiger partial charge on any atom is -0.506 e. The summed E-state index contributed by atoms with van der Waals surface area (Å²) in [6.07, 6.45) is 2.08. The molecule has 0 spiro atoms. The van der Waals surface area contributed by atoms with Crippen LogP contribution in [0.2, 0.25) is 10.0 Å². The average molecular weight is 248 g/mol. The molecule has 0 radical (unpaired) electrons. The van der Waals surface area contributed by atoms with Gasteiger partial charge >= 0.3 is 0 Å². The van der Waals surface area contributed by atoms with Crippen LogP contribution < -0.4 is 0 Å². The van der Waals surface area contributed by atoms with E-state index >= 15 is 0 Å². The second-order valence-corrected chi connectivity index (χ2v) is 3.78. The van der Waals surface area contributed by atoms with Crippen molar-refractivity contribution in [1.29, 1.82) is 0 Å². The van der Waals surface area contributed by atoms with E-state index in [4.69, 9.17) is 28.3 Å². The van der Waals surface area contributed by atoms with Gasteiger partial charge in [-0.15, -0.1) is 0 Å². The fraction of sp³-hybridized carbons (Fsp3) is 0.300. The van der Waals surface area contributed by atoms with Crippen molar-refractivity contribution in [3.05, 3.63) is 27.7 Å². The molecular weight excluding hydrogens is 237 g/mol. The van der Waals surface area contributed by atoms with Gasteiger partial charge in [-0.05, 0) is 18.6 Å². The van der Waals surface area contributed by atoms with Crippen LogP contribution in [-0.4, -0.2) is 29.6 Å². The average Bonchev–Trinajstić information content (AvgIpc) is 2.19. The highest BCUT2D eigenvalue weighted by molar-refractivity contribution is 6.36. The van der Waals surface area contributed by atoms with Crippen LogP contribution in [0.1, 0.15) is 12.0 Å². The molecule has 0 unspecified atom stereocenters. The van der Waals surface area contributed by atoms with E-state index in [0.29, 0.717) is 23.6 Å². The number of hydrogen-bond donors (Lipinski definition) is 2. The van der Waals surface area contributed by atoms with Gasteiger partial charge in [0, 0.05) is 30.0 Å². The first-order valence-corrected chi connectivity index (χ1v) is 5.19. The van der Waals surface area contributed by atoms with Gasteiger partial charge in [0.1, 0.15) is 5.75 Å². The van der Waals surface area contributed by atoms with Gasteiger partial charge in [0.2, 0.25) is 0 Å². The number of aromatic hydroxyl groups is 1. The van der Waals surface area contributed by atoms with E-state index in [9.17, 15) is 5.11 Å². The van der Waals surface area contributed by atoms with E-state index in [1.807, 2.05) is 0 Å². The van der Waals surface area contributed by atoms with E-state index in [2.05, 4.69) is 4.99 Å². The molecule has 0 heterocycles. The molecule has 5 heteroatoms. The Morgan fingerprint density at radius 1 is 1.33 bits per heavy atom. The number of phenolic OH excluding ortho intramolecular Hbond substituents is 1. The van der Waals surface area contributed by atoms with Crippen molar-refractivity contribution >= 4 is 29.4 Å². The molecule has 0 fully saturated rings. The lowest BCUT2D eigenvalue weighted by Gasteiger charge is -2.02. The van der Waals surface area contributed by atoms with E-state index in [1.165, 1.54) is 12.3 Å². The zero-order chi connectivity index (χ0) is 11.3. The number of aliphatic imine (C=N–C) groups is 1. The smallest absolute Gasteiger partial charge is 0.143 e. The van der Waals surface area contributed by atoms with Crippen LogP contribution in [0.4, 0.5) is 0 Å². The first-order chi connectivity index (χ1) is 7.15. The van der Waals surface area contributed by atoms with Gasteiger partial charge in [-0.1, -0.05) is 23.2 Å². The number of hydrogen-bond acceptors (Lipinski definition) is 3. The molecule has 2 N–H and O–H groups in total. The van der Waals surface area contributed by atoms with Crippen LogP contribution in [-0.2, 0) is 0 Å². The topological polar surface area (TPSA) is 52.8 Å². The number of phenols is 1. The van der Waals surface area contributed by atoms with Gasteiger partial charge in [0.15, 0.2) is 0 Å². The van der Waals surface area contributed by atoms with Crippen LogP contribution in [0.25, 0.3) is 0 Å². The molecule has 0 aliphatic carbocycles.